The molecule has 290 valence electrons. The Hall–Kier alpha value is -5.46. The lowest BCUT2D eigenvalue weighted by Gasteiger charge is -2.10. The summed E-state index contributed by atoms with van der Waals surface area (Å²) in [6.45, 7) is 7.60. The highest BCUT2D eigenvalue weighted by molar-refractivity contribution is 5.92. The Balaban J connectivity index is 1.28. The molecule has 0 aliphatic carbocycles. The molecule has 3 aromatic carbocycles. The van der Waals surface area contributed by atoms with E-state index >= 15 is 0 Å². The number of esters is 4. The molecule has 2 atom stereocenters. The first-order valence-electron chi connectivity index (χ1n) is 18.1. The van der Waals surface area contributed by atoms with Crippen molar-refractivity contribution in [3.63, 3.8) is 0 Å². The van der Waals surface area contributed by atoms with Crippen molar-refractivity contribution in [2.24, 2.45) is 0 Å². The fraction of sp³-hybridized carbons (Fsp3) is 0.381. The van der Waals surface area contributed by atoms with Crippen LogP contribution in [0.25, 0.3) is 0 Å². The highest BCUT2D eigenvalue weighted by atomic mass is 16.6. The summed E-state index contributed by atoms with van der Waals surface area (Å²) in [5, 5.41) is 19.7. The van der Waals surface area contributed by atoms with Gasteiger partial charge in [-0.25, -0.2) is 19.2 Å². The van der Waals surface area contributed by atoms with E-state index in [1.54, 1.807) is 48.5 Å². The molecular formula is C42H50O12. The van der Waals surface area contributed by atoms with Crippen molar-refractivity contribution in [3.8, 4) is 23.0 Å². The van der Waals surface area contributed by atoms with Crippen molar-refractivity contribution in [1.29, 1.82) is 0 Å². The first-order valence-corrected chi connectivity index (χ1v) is 18.1. The molecule has 12 heteroatoms. The summed E-state index contributed by atoms with van der Waals surface area (Å²) in [5.74, 6) is -0.316. The number of carbonyl (C=O) groups excluding carboxylic acids is 4. The maximum absolute atomic E-state index is 12.7. The Morgan fingerprint density at radius 1 is 0.500 bits per heavy atom. The molecule has 0 aliphatic rings. The molecule has 0 saturated heterocycles. The van der Waals surface area contributed by atoms with E-state index in [2.05, 4.69) is 13.2 Å². The molecular weight excluding hydrogens is 696 g/mol. The predicted molar refractivity (Wildman–Crippen MR) is 201 cm³/mol. The molecule has 0 radical (unpaired) electrons. The van der Waals surface area contributed by atoms with Gasteiger partial charge in [-0.2, -0.15) is 0 Å². The average molecular weight is 747 g/mol. The van der Waals surface area contributed by atoms with Crippen LogP contribution in [0.1, 0.15) is 84.9 Å². The summed E-state index contributed by atoms with van der Waals surface area (Å²) in [4.78, 5) is 47.4. The number of benzene rings is 3. The number of aliphatic hydroxyl groups is 2. The lowest BCUT2D eigenvalue weighted by Crippen LogP contribution is -2.17. The number of carbonyl (C=O) groups is 4. The van der Waals surface area contributed by atoms with Crippen LogP contribution in [0.4, 0.5) is 0 Å². The van der Waals surface area contributed by atoms with Crippen LogP contribution in [-0.2, 0) is 19.1 Å². The Kier molecular flexibility index (Phi) is 19.7. The van der Waals surface area contributed by atoms with Crippen LogP contribution >= 0.6 is 0 Å². The van der Waals surface area contributed by atoms with E-state index in [-0.39, 0.29) is 24.5 Å². The van der Waals surface area contributed by atoms with Crippen molar-refractivity contribution in [2.45, 2.75) is 76.4 Å². The van der Waals surface area contributed by atoms with E-state index in [1.807, 2.05) is 0 Å². The normalized spacial score (nSPS) is 11.7. The first-order chi connectivity index (χ1) is 26.2. The Labute approximate surface area is 316 Å². The quantitative estimate of drug-likeness (QED) is 0.0376. The fourth-order valence-electron chi connectivity index (χ4n) is 4.97. The largest absolute Gasteiger partial charge is 0.494 e. The highest BCUT2D eigenvalue weighted by Crippen LogP contribution is 2.21. The molecule has 0 saturated carbocycles. The molecule has 3 aromatic rings. The van der Waals surface area contributed by atoms with Gasteiger partial charge in [-0.15, -0.1) is 0 Å². The highest BCUT2D eigenvalue weighted by Gasteiger charge is 2.13. The van der Waals surface area contributed by atoms with E-state index in [0.29, 0.717) is 48.9 Å². The van der Waals surface area contributed by atoms with Gasteiger partial charge in [0.1, 0.15) is 36.2 Å². The Morgan fingerprint density at radius 3 is 1.22 bits per heavy atom. The SMILES string of the molecule is C=CC(=O)OCC(O)CCCCCCOc1ccc(OC(=O)c2ccc(OC(=O)c3ccc(OCCCCCCC(O)COC(=O)C=C)cc3)cc2)cc1. The van der Waals surface area contributed by atoms with E-state index in [0.717, 1.165) is 63.5 Å². The maximum Gasteiger partial charge on any atom is 0.343 e. The molecule has 0 heterocycles. The molecule has 12 nitrogen and oxygen atoms in total. The van der Waals surface area contributed by atoms with Gasteiger partial charge in [0.2, 0.25) is 0 Å². The van der Waals surface area contributed by atoms with Crippen LogP contribution in [0.5, 0.6) is 23.0 Å². The molecule has 0 bridgehead atoms. The minimum absolute atomic E-state index is 0.0294. The summed E-state index contributed by atoms with van der Waals surface area (Å²) in [6.07, 6.45) is 8.82. The fourth-order valence-corrected chi connectivity index (χ4v) is 4.97. The van der Waals surface area contributed by atoms with Crippen LogP contribution in [0.2, 0.25) is 0 Å². The van der Waals surface area contributed by atoms with E-state index in [4.69, 9.17) is 28.4 Å². The summed E-state index contributed by atoms with van der Waals surface area (Å²) >= 11 is 0. The van der Waals surface area contributed by atoms with Gasteiger partial charge in [0.05, 0.1) is 36.5 Å². The number of aliphatic hydroxyl groups excluding tert-OH is 2. The topological polar surface area (TPSA) is 164 Å². The van der Waals surface area contributed by atoms with Crippen molar-refractivity contribution < 1.29 is 57.8 Å². The van der Waals surface area contributed by atoms with E-state index < -0.39 is 36.1 Å². The lowest BCUT2D eigenvalue weighted by atomic mass is 10.1. The van der Waals surface area contributed by atoms with Crippen molar-refractivity contribution in [2.75, 3.05) is 26.4 Å². The monoisotopic (exact) mass is 746 g/mol. The zero-order valence-corrected chi connectivity index (χ0v) is 30.5. The minimum Gasteiger partial charge on any atom is -0.494 e. The smallest absolute Gasteiger partial charge is 0.343 e. The number of hydrogen-bond acceptors (Lipinski definition) is 12. The van der Waals surface area contributed by atoms with Gasteiger partial charge in [0, 0.05) is 12.2 Å². The first kappa shape index (κ1) is 42.9. The van der Waals surface area contributed by atoms with Gasteiger partial charge >= 0.3 is 23.9 Å². The van der Waals surface area contributed by atoms with Crippen LogP contribution in [-0.4, -0.2) is 72.7 Å². The summed E-state index contributed by atoms with van der Waals surface area (Å²) in [6, 6.07) is 19.4. The van der Waals surface area contributed by atoms with Gasteiger partial charge in [-0.3, -0.25) is 0 Å². The molecule has 0 fully saturated rings. The molecule has 0 spiro atoms. The number of ether oxygens (including phenoxy) is 6. The van der Waals surface area contributed by atoms with Crippen LogP contribution < -0.4 is 18.9 Å². The third-order valence-electron chi connectivity index (χ3n) is 7.99. The maximum atomic E-state index is 12.7. The molecule has 2 unspecified atom stereocenters. The molecule has 54 heavy (non-hydrogen) atoms. The standard InChI is InChI=1S/C42H50O12/c1-3-39(45)51-29-33(43)13-9-5-7-11-27-49-35-19-15-31(16-20-35)41(47)53-37-21-17-32(18-22-37)42(48)54-38-25-23-36(24-26-38)50-28-12-8-6-10-14-34(44)30-52-40(46)4-2/h3-4,15-26,33-34,43-44H,1-2,5-14,27-30H2. The van der Waals surface area contributed by atoms with Crippen molar-refractivity contribution in [3.05, 3.63) is 109 Å². The summed E-state index contributed by atoms with van der Waals surface area (Å²) in [7, 11) is 0. The molecule has 0 amide bonds. The lowest BCUT2D eigenvalue weighted by molar-refractivity contribution is -0.141. The zero-order valence-electron chi connectivity index (χ0n) is 30.5. The molecule has 2 N–H and O–H groups in total. The molecule has 0 aromatic heterocycles. The van der Waals surface area contributed by atoms with Crippen molar-refractivity contribution in [1.82, 2.24) is 0 Å². The third kappa shape index (κ3) is 17.4. The molecule has 3 rings (SSSR count). The van der Waals surface area contributed by atoms with Gasteiger partial charge < -0.3 is 38.6 Å². The second-order valence-electron chi connectivity index (χ2n) is 12.4. The number of rotatable bonds is 26. The minimum atomic E-state index is -0.685. The zero-order chi connectivity index (χ0) is 39.0. The van der Waals surface area contributed by atoms with E-state index in [1.165, 1.54) is 24.3 Å². The second-order valence-corrected chi connectivity index (χ2v) is 12.4. The van der Waals surface area contributed by atoms with Crippen LogP contribution in [0, 0.1) is 0 Å². The van der Waals surface area contributed by atoms with Gasteiger partial charge in [0.25, 0.3) is 0 Å². The Morgan fingerprint density at radius 2 is 0.833 bits per heavy atom. The number of hydrogen-bond donors (Lipinski definition) is 2. The predicted octanol–water partition coefficient (Wildman–Crippen LogP) is 6.96. The van der Waals surface area contributed by atoms with Gasteiger partial charge in [-0.1, -0.05) is 51.7 Å². The van der Waals surface area contributed by atoms with Gasteiger partial charge in [-0.05, 0) is 98.5 Å². The molecule has 0 aliphatic heterocycles. The average Bonchev–Trinajstić information content (AvgIpc) is 3.19. The number of unbranched alkanes of at least 4 members (excludes halogenated alkanes) is 6. The van der Waals surface area contributed by atoms with Crippen molar-refractivity contribution >= 4 is 23.9 Å². The summed E-state index contributed by atoms with van der Waals surface area (Å²) in [5.41, 5.74) is 0.625. The van der Waals surface area contributed by atoms with Crippen LogP contribution in [0.15, 0.2) is 98.1 Å². The third-order valence-corrected chi connectivity index (χ3v) is 7.99. The Bertz CT molecular complexity index is 1600. The van der Waals surface area contributed by atoms with Crippen LogP contribution in [0.3, 0.4) is 0 Å². The second kappa shape index (κ2) is 24.7. The van der Waals surface area contributed by atoms with E-state index in [9.17, 15) is 29.4 Å². The summed E-state index contributed by atoms with van der Waals surface area (Å²) < 4.78 is 32.1. The van der Waals surface area contributed by atoms with Gasteiger partial charge in [0.15, 0.2) is 0 Å².